The summed E-state index contributed by atoms with van der Waals surface area (Å²) in [5.74, 6) is -0.0846. The molecule has 1 N–H and O–H groups in total. The van der Waals surface area contributed by atoms with Gasteiger partial charge in [0.15, 0.2) is 11.4 Å². The first-order valence-corrected chi connectivity index (χ1v) is 11.2. The number of fused-ring (bicyclic) bond motifs is 1. The number of hydrogen-bond donors (Lipinski definition) is 1. The first kappa shape index (κ1) is 24.6. The Kier molecular flexibility index (Phi) is 8.07. The molecule has 0 spiro atoms. The third-order valence-corrected chi connectivity index (χ3v) is 5.51. The van der Waals surface area contributed by atoms with Gasteiger partial charge >= 0.3 is 5.69 Å². The van der Waals surface area contributed by atoms with Crippen LogP contribution in [0.15, 0.2) is 58.8 Å². The fourth-order valence-electron chi connectivity index (χ4n) is 3.68. The van der Waals surface area contributed by atoms with Gasteiger partial charge in [-0.25, -0.2) is 0 Å². The maximum atomic E-state index is 11.4. The largest absolute Gasteiger partial charge is 0.505 e. The number of non-ortho nitro benzene ring substituents is 1. The van der Waals surface area contributed by atoms with E-state index >= 15 is 0 Å². The van der Waals surface area contributed by atoms with Crippen LogP contribution in [0.5, 0.6) is 5.75 Å². The molecule has 178 valence electrons. The average Bonchev–Trinajstić information content (AvgIpc) is 2.84. The molecule has 10 nitrogen and oxygen atoms in total. The lowest BCUT2D eigenvalue weighted by Crippen LogP contribution is -2.25. The maximum Gasteiger partial charge on any atom is 0.303 e. The van der Waals surface area contributed by atoms with Crippen molar-refractivity contribution >= 4 is 39.2 Å². The molecule has 10 heteroatoms. The van der Waals surface area contributed by atoms with E-state index in [1.807, 2.05) is 18.2 Å². The highest BCUT2D eigenvalue weighted by atomic mass is 16.6. The van der Waals surface area contributed by atoms with Crippen LogP contribution in [-0.4, -0.2) is 28.0 Å². The molecule has 0 saturated heterocycles. The first-order valence-electron chi connectivity index (χ1n) is 11.2. The summed E-state index contributed by atoms with van der Waals surface area (Å²) >= 11 is 0. The average molecular weight is 466 g/mol. The predicted molar refractivity (Wildman–Crippen MR) is 132 cm³/mol. The number of azo groups is 1. The topological polar surface area (TPSA) is 134 Å². The van der Waals surface area contributed by atoms with Crippen LogP contribution in [0.4, 0.5) is 28.4 Å². The van der Waals surface area contributed by atoms with E-state index in [1.54, 1.807) is 12.1 Å². The van der Waals surface area contributed by atoms with Crippen LogP contribution in [0.3, 0.4) is 0 Å². The zero-order valence-electron chi connectivity index (χ0n) is 19.2. The fourth-order valence-corrected chi connectivity index (χ4v) is 3.68. The Morgan fingerprint density at radius 3 is 2.06 bits per heavy atom. The van der Waals surface area contributed by atoms with Gasteiger partial charge in [-0.15, -0.1) is 10.2 Å². The molecule has 0 saturated carbocycles. The molecular formula is C24H27N5O5. The minimum Gasteiger partial charge on any atom is -0.505 e. The number of anilines is 1. The summed E-state index contributed by atoms with van der Waals surface area (Å²) in [6.45, 7) is 5.94. The number of rotatable bonds is 11. The number of nitro groups is 2. The summed E-state index contributed by atoms with van der Waals surface area (Å²) in [5, 5.41) is 42.9. The van der Waals surface area contributed by atoms with Crippen LogP contribution in [0.1, 0.15) is 39.5 Å². The molecular weight excluding hydrogens is 438 g/mol. The second-order valence-electron chi connectivity index (χ2n) is 7.89. The van der Waals surface area contributed by atoms with E-state index in [2.05, 4.69) is 29.0 Å². The van der Waals surface area contributed by atoms with E-state index in [0.29, 0.717) is 5.39 Å². The number of unbranched alkanes of at least 4 members (excludes halogenated alkanes) is 2. The second kappa shape index (κ2) is 11.2. The lowest BCUT2D eigenvalue weighted by Gasteiger charge is -2.27. The number of aromatic hydroxyl groups is 1. The van der Waals surface area contributed by atoms with Gasteiger partial charge in [-0.1, -0.05) is 51.0 Å². The number of benzene rings is 3. The van der Waals surface area contributed by atoms with Gasteiger partial charge in [0, 0.05) is 35.6 Å². The van der Waals surface area contributed by atoms with Gasteiger partial charge in [-0.05, 0) is 25.0 Å². The zero-order valence-corrected chi connectivity index (χ0v) is 19.2. The highest BCUT2D eigenvalue weighted by Crippen LogP contribution is 2.42. The molecule has 0 amide bonds. The summed E-state index contributed by atoms with van der Waals surface area (Å²) in [5.41, 5.74) is -0.0183. The van der Waals surface area contributed by atoms with E-state index < -0.39 is 21.2 Å². The summed E-state index contributed by atoms with van der Waals surface area (Å²) in [6, 6.07) is 12.3. The van der Waals surface area contributed by atoms with Crippen LogP contribution in [0, 0.1) is 20.2 Å². The summed E-state index contributed by atoms with van der Waals surface area (Å²) in [6.07, 6.45) is 4.08. The SMILES string of the molecule is CCCCN(CCCC)c1cc(N=Nc2ccc([N+](=O)[O-])cc2[N+](=O)[O-])c(O)c2ccccc12. The van der Waals surface area contributed by atoms with Gasteiger partial charge in [0.25, 0.3) is 5.69 Å². The van der Waals surface area contributed by atoms with Crippen molar-refractivity contribution in [2.45, 2.75) is 39.5 Å². The van der Waals surface area contributed by atoms with Gasteiger partial charge in [0.2, 0.25) is 0 Å². The summed E-state index contributed by atoms with van der Waals surface area (Å²) in [4.78, 5) is 23.2. The molecule has 0 aliphatic rings. The normalized spacial score (nSPS) is 11.2. The Balaban J connectivity index is 2.11. The van der Waals surface area contributed by atoms with Gasteiger partial charge in [0.1, 0.15) is 5.69 Å². The third kappa shape index (κ3) is 5.45. The monoisotopic (exact) mass is 465 g/mol. The molecule has 0 aliphatic heterocycles. The zero-order chi connectivity index (χ0) is 24.7. The highest BCUT2D eigenvalue weighted by molar-refractivity contribution is 6.01. The fraction of sp³-hybridized carbons (Fsp3) is 0.333. The number of nitrogens with zero attached hydrogens (tertiary/aromatic N) is 5. The van der Waals surface area contributed by atoms with Crippen LogP contribution in [0.2, 0.25) is 0 Å². The van der Waals surface area contributed by atoms with E-state index in [0.717, 1.165) is 62.0 Å². The Labute approximate surface area is 196 Å². The number of hydrogen-bond acceptors (Lipinski definition) is 8. The Bertz CT molecular complexity index is 1220. The molecule has 0 radical (unpaired) electrons. The molecule has 0 bridgehead atoms. The molecule has 0 heterocycles. The number of phenolic OH excluding ortho intramolecular Hbond substituents is 1. The van der Waals surface area contributed by atoms with E-state index in [4.69, 9.17) is 0 Å². The molecule has 3 rings (SSSR count). The smallest absolute Gasteiger partial charge is 0.303 e. The van der Waals surface area contributed by atoms with Crippen LogP contribution in [-0.2, 0) is 0 Å². The van der Waals surface area contributed by atoms with Gasteiger partial charge < -0.3 is 10.0 Å². The number of nitro benzene ring substituents is 2. The maximum absolute atomic E-state index is 11.4. The summed E-state index contributed by atoms with van der Waals surface area (Å²) < 4.78 is 0. The quantitative estimate of drug-likeness (QED) is 0.181. The van der Waals surface area contributed by atoms with Crippen LogP contribution < -0.4 is 4.90 Å². The molecule has 0 atom stereocenters. The van der Waals surface area contributed by atoms with Crippen LogP contribution in [0.25, 0.3) is 10.8 Å². The van der Waals surface area contributed by atoms with Crippen molar-refractivity contribution in [2.75, 3.05) is 18.0 Å². The molecule has 0 aliphatic carbocycles. The van der Waals surface area contributed by atoms with Crippen molar-refractivity contribution in [3.05, 3.63) is 68.8 Å². The molecule has 3 aromatic rings. The second-order valence-corrected chi connectivity index (χ2v) is 7.89. The van der Waals surface area contributed by atoms with Crippen molar-refractivity contribution in [3.63, 3.8) is 0 Å². The van der Waals surface area contributed by atoms with E-state index in [1.165, 1.54) is 6.07 Å². The van der Waals surface area contributed by atoms with Crippen molar-refractivity contribution in [3.8, 4) is 5.75 Å². The lowest BCUT2D eigenvalue weighted by atomic mass is 10.0. The van der Waals surface area contributed by atoms with Crippen LogP contribution >= 0.6 is 0 Å². The highest BCUT2D eigenvalue weighted by Gasteiger charge is 2.20. The van der Waals surface area contributed by atoms with Gasteiger partial charge in [-0.3, -0.25) is 20.2 Å². The molecule has 0 unspecified atom stereocenters. The Morgan fingerprint density at radius 1 is 0.853 bits per heavy atom. The van der Waals surface area contributed by atoms with Crippen molar-refractivity contribution in [2.24, 2.45) is 10.2 Å². The van der Waals surface area contributed by atoms with Crippen molar-refractivity contribution < 1.29 is 15.0 Å². The molecule has 0 fully saturated rings. The lowest BCUT2D eigenvalue weighted by molar-refractivity contribution is -0.393. The van der Waals surface area contributed by atoms with E-state index in [9.17, 15) is 25.3 Å². The van der Waals surface area contributed by atoms with Gasteiger partial charge in [0.05, 0.1) is 15.9 Å². The van der Waals surface area contributed by atoms with Gasteiger partial charge in [-0.2, -0.15) is 0 Å². The molecule has 0 aromatic heterocycles. The third-order valence-electron chi connectivity index (χ3n) is 5.51. The minimum absolute atomic E-state index is 0.0846. The standard InChI is InChI=1S/C24H27N5O5/c1-3-5-13-27(14-6-4-2)22-16-21(24(30)19-10-8-7-9-18(19)22)26-25-20-12-11-17(28(31)32)15-23(20)29(33)34/h7-12,15-16,30H,3-6,13-14H2,1-2H3. The minimum atomic E-state index is -0.746. The summed E-state index contributed by atoms with van der Waals surface area (Å²) in [7, 11) is 0. The first-order chi connectivity index (χ1) is 16.4. The van der Waals surface area contributed by atoms with E-state index in [-0.39, 0.29) is 17.1 Å². The molecule has 34 heavy (non-hydrogen) atoms. The number of phenols is 1. The molecule has 3 aromatic carbocycles. The van der Waals surface area contributed by atoms with Crippen molar-refractivity contribution in [1.29, 1.82) is 0 Å². The van der Waals surface area contributed by atoms with Crippen molar-refractivity contribution in [1.82, 2.24) is 0 Å². The Hall–Kier alpha value is -4.08. The predicted octanol–water partition coefficient (Wildman–Crippen LogP) is 7.18. The Morgan fingerprint density at radius 2 is 1.47 bits per heavy atom.